The van der Waals surface area contributed by atoms with Gasteiger partial charge in [-0.05, 0) is 54.1 Å². The number of H-pyrrole nitrogens is 1. The van der Waals surface area contributed by atoms with Gasteiger partial charge in [0.25, 0.3) is 5.91 Å². The smallest absolute Gasteiger partial charge is 0.289 e. The van der Waals surface area contributed by atoms with Crippen molar-refractivity contribution >= 4 is 35.3 Å². The molecule has 0 fully saturated rings. The average Bonchev–Trinajstić information content (AvgIpc) is 3.09. The van der Waals surface area contributed by atoms with Crippen molar-refractivity contribution in [3.8, 4) is 17.0 Å². The van der Waals surface area contributed by atoms with Crippen LogP contribution in [0.2, 0.25) is 10.0 Å². The zero-order valence-corrected chi connectivity index (χ0v) is 14.2. The van der Waals surface area contributed by atoms with Crippen molar-refractivity contribution in [2.24, 2.45) is 5.10 Å². The van der Waals surface area contributed by atoms with E-state index in [-0.39, 0.29) is 11.4 Å². The monoisotopic (exact) mass is 374 g/mol. The van der Waals surface area contributed by atoms with Crippen LogP contribution in [0.25, 0.3) is 11.3 Å². The Morgan fingerprint density at radius 1 is 1.16 bits per heavy atom. The molecule has 3 aromatic rings. The number of carbonyl (C=O) groups excluding carboxylic acids is 1. The van der Waals surface area contributed by atoms with Crippen molar-refractivity contribution in [1.82, 2.24) is 15.6 Å². The Kier molecular flexibility index (Phi) is 5.02. The van der Waals surface area contributed by atoms with Crippen LogP contribution in [0.1, 0.15) is 16.1 Å². The molecule has 3 N–H and O–H groups in total. The van der Waals surface area contributed by atoms with E-state index >= 15 is 0 Å². The van der Waals surface area contributed by atoms with Crippen molar-refractivity contribution < 1.29 is 9.90 Å². The molecular weight excluding hydrogens is 363 g/mol. The lowest BCUT2D eigenvalue weighted by Crippen LogP contribution is -2.17. The van der Waals surface area contributed by atoms with E-state index in [1.807, 2.05) is 0 Å². The zero-order chi connectivity index (χ0) is 17.8. The van der Waals surface area contributed by atoms with Crippen molar-refractivity contribution in [1.29, 1.82) is 0 Å². The number of phenolic OH excluding ortho intramolecular Hbond substituents is 1. The van der Waals surface area contributed by atoms with E-state index in [1.165, 1.54) is 18.3 Å². The van der Waals surface area contributed by atoms with Crippen molar-refractivity contribution in [3.63, 3.8) is 0 Å². The number of nitrogens with zero attached hydrogens (tertiary/aromatic N) is 2. The molecule has 6 nitrogen and oxygen atoms in total. The summed E-state index contributed by atoms with van der Waals surface area (Å²) in [6.45, 7) is 0. The van der Waals surface area contributed by atoms with E-state index in [1.54, 1.807) is 36.4 Å². The number of aromatic hydroxyl groups is 1. The maximum atomic E-state index is 12.1. The van der Waals surface area contributed by atoms with Gasteiger partial charge in [-0.15, -0.1) is 0 Å². The minimum Gasteiger partial charge on any atom is -0.508 e. The third-order valence-electron chi connectivity index (χ3n) is 3.30. The fourth-order valence-corrected chi connectivity index (χ4v) is 2.44. The van der Waals surface area contributed by atoms with Crippen LogP contribution in [-0.4, -0.2) is 27.4 Å². The minimum atomic E-state index is -0.452. The SMILES string of the molecule is O=C(N/N=C\c1ccc(O)cc1)c1cc(-c2cc(Cl)ccc2Cl)n[nH]1. The fraction of sp³-hybridized carbons (Fsp3) is 0. The van der Waals surface area contributed by atoms with E-state index in [2.05, 4.69) is 20.7 Å². The van der Waals surface area contributed by atoms with Gasteiger partial charge in [0.05, 0.1) is 16.9 Å². The molecule has 0 unspecified atom stereocenters. The molecule has 1 aromatic heterocycles. The van der Waals surface area contributed by atoms with E-state index in [4.69, 9.17) is 23.2 Å². The predicted molar refractivity (Wildman–Crippen MR) is 97.2 cm³/mol. The van der Waals surface area contributed by atoms with Crippen LogP contribution in [0.15, 0.2) is 53.6 Å². The summed E-state index contributed by atoms with van der Waals surface area (Å²) in [5, 5.41) is 20.8. The average molecular weight is 375 g/mol. The first-order chi connectivity index (χ1) is 12.0. The van der Waals surface area contributed by atoms with Crippen LogP contribution in [0, 0.1) is 0 Å². The molecule has 0 spiro atoms. The minimum absolute atomic E-state index is 0.158. The molecule has 0 aliphatic rings. The highest BCUT2D eigenvalue weighted by atomic mass is 35.5. The number of hydrogen-bond donors (Lipinski definition) is 3. The van der Waals surface area contributed by atoms with Gasteiger partial charge in [-0.1, -0.05) is 23.2 Å². The first-order valence-electron chi connectivity index (χ1n) is 7.16. The number of aromatic amines is 1. The highest BCUT2D eigenvalue weighted by Gasteiger charge is 2.13. The molecule has 0 aliphatic carbocycles. The largest absolute Gasteiger partial charge is 0.508 e. The molecule has 3 rings (SSSR count). The number of amides is 1. The maximum absolute atomic E-state index is 12.1. The number of phenols is 1. The molecule has 0 saturated carbocycles. The van der Waals surface area contributed by atoms with E-state index in [0.29, 0.717) is 21.3 Å². The van der Waals surface area contributed by atoms with E-state index < -0.39 is 5.91 Å². The molecule has 25 heavy (non-hydrogen) atoms. The number of rotatable bonds is 4. The van der Waals surface area contributed by atoms with Gasteiger partial charge < -0.3 is 5.11 Å². The van der Waals surface area contributed by atoms with E-state index in [0.717, 1.165) is 5.56 Å². The summed E-state index contributed by atoms with van der Waals surface area (Å²) in [6.07, 6.45) is 1.46. The third-order valence-corrected chi connectivity index (χ3v) is 3.86. The summed E-state index contributed by atoms with van der Waals surface area (Å²) in [4.78, 5) is 12.1. The third kappa shape index (κ3) is 4.17. The number of aromatic nitrogens is 2. The molecule has 1 amide bonds. The lowest BCUT2D eigenvalue weighted by Gasteiger charge is -2.00. The molecule has 2 aromatic carbocycles. The van der Waals surface area contributed by atoms with Crippen LogP contribution in [0.4, 0.5) is 0 Å². The number of benzene rings is 2. The Labute approximate surface area is 153 Å². The summed E-state index contributed by atoms with van der Waals surface area (Å²) >= 11 is 12.1. The molecular formula is C17H12Cl2N4O2. The normalized spacial score (nSPS) is 11.0. The molecule has 0 radical (unpaired) electrons. The summed E-state index contributed by atoms with van der Waals surface area (Å²) in [6, 6.07) is 13.0. The van der Waals surface area contributed by atoms with Crippen molar-refractivity contribution in [2.75, 3.05) is 0 Å². The topological polar surface area (TPSA) is 90.4 Å². The van der Waals surface area contributed by atoms with Crippen molar-refractivity contribution in [3.05, 3.63) is 69.8 Å². The molecule has 126 valence electrons. The van der Waals surface area contributed by atoms with Crippen LogP contribution >= 0.6 is 23.2 Å². The highest BCUT2D eigenvalue weighted by Crippen LogP contribution is 2.29. The molecule has 0 aliphatic heterocycles. The van der Waals surface area contributed by atoms with Crippen molar-refractivity contribution in [2.45, 2.75) is 0 Å². The molecule has 1 heterocycles. The van der Waals surface area contributed by atoms with Gasteiger partial charge in [-0.25, -0.2) is 5.43 Å². The van der Waals surface area contributed by atoms with E-state index in [9.17, 15) is 9.90 Å². The summed E-state index contributed by atoms with van der Waals surface area (Å²) in [7, 11) is 0. The molecule has 0 atom stereocenters. The zero-order valence-electron chi connectivity index (χ0n) is 12.7. The highest BCUT2D eigenvalue weighted by molar-refractivity contribution is 6.35. The summed E-state index contributed by atoms with van der Waals surface area (Å²) < 4.78 is 0. The quantitative estimate of drug-likeness (QED) is 0.478. The Balaban J connectivity index is 1.70. The number of hydrogen-bond acceptors (Lipinski definition) is 4. The first-order valence-corrected chi connectivity index (χ1v) is 7.92. The van der Waals surface area contributed by atoms with Crippen LogP contribution < -0.4 is 5.43 Å². The van der Waals surface area contributed by atoms with Gasteiger partial charge in [0, 0.05) is 10.6 Å². The number of hydrazone groups is 1. The molecule has 0 saturated heterocycles. The lowest BCUT2D eigenvalue weighted by molar-refractivity contribution is 0.0950. The van der Waals surface area contributed by atoms with Gasteiger partial charge >= 0.3 is 0 Å². The van der Waals surface area contributed by atoms with Gasteiger partial charge in [-0.2, -0.15) is 10.2 Å². The summed E-state index contributed by atoms with van der Waals surface area (Å²) in [5.74, 6) is -0.294. The Morgan fingerprint density at radius 2 is 1.92 bits per heavy atom. The Hall–Kier alpha value is -2.83. The molecule has 8 heteroatoms. The number of nitrogens with one attached hydrogen (secondary N) is 2. The summed E-state index contributed by atoms with van der Waals surface area (Å²) in [5.41, 5.74) is 4.47. The second kappa shape index (κ2) is 7.38. The molecule has 0 bridgehead atoms. The fourth-order valence-electron chi connectivity index (χ4n) is 2.06. The lowest BCUT2D eigenvalue weighted by atomic mass is 10.1. The van der Waals surface area contributed by atoms with Crippen LogP contribution in [0.3, 0.4) is 0 Å². The second-order valence-corrected chi connectivity index (χ2v) is 5.93. The second-order valence-electron chi connectivity index (χ2n) is 5.08. The maximum Gasteiger partial charge on any atom is 0.289 e. The van der Waals surface area contributed by atoms with Gasteiger partial charge in [0.1, 0.15) is 11.4 Å². The first kappa shape index (κ1) is 17.0. The number of halogens is 2. The van der Waals surface area contributed by atoms with Crippen LogP contribution in [-0.2, 0) is 0 Å². The Morgan fingerprint density at radius 3 is 2.68 bits per heavy atom. The number of carbonyl (C=O) groups is 1. The Bertz CT molecular complexity index is 936. The standard InChI is InChI=1S/C17H12Cl2N4O2/c18-11-3-6-14(19)13(7-11)15-8-16(22-21-15)17(25)23-20-9-10-1-4-12(24)5-2-10/h1-9,24H,(H,21,22)(H,23,25)/b20-9-. The van der Waals surface area contributed by atoms with Gasteiger partial charge in [0.15, 0.2) is 0 Å². The van der Waals surface area contributed by atoms with Gasteiger partial charge in [0.2, 0.25) is 0 Å². The van der Waals surface area contributed by atoms with Crippen LogP contribution in [0.5, 0.6) is 5.75 Å². The van der Waals surface area contributed by atoms with Gasteiger partial charge in [-0.3, -0.25) is 9.89 Å². The predicted octanol–water partition coefficient (Wildman–Crippen LogP) is 3.85.